The van der Waals surface area contributed by atoms with Crippen LogP contribution in [0.4, 0.5) is 4.79 Å². The maximum absolute atomic E-state index is 12.4. The van der Waals surface area contributed by atoms with Crippen LogP contribution in [-0.2, 0) is 19.5 Å². The first-order valence-corrected chi connectivity index (χ1v) is 8.40. The Morgan fingerprint density at radius 3 is 3.09 bits per heavy atom. The average molecular weight is 315 g/mol. The molecule has 0 radical (unpaired) electrons. The Balaban J connectivity index is 1.47. The third-order valence-electron chi connectivity index (χ3n) is 4.57. The van der Waals surface area contributed by atoms with Crippen molar-refractivity contribution in [2.75, 3.05) is 13.1 Å². The van der Waals surface area contributed by atoms with Gasteiger partial charge in [-0.15, -0.1) is 0 Å². The Labute approximate surface area is 137 Å². The van der Waals surface area contributed by atoms with Gasteiger partial charge in [-0.25, -0.2) is 9.78 Å². The fraction of sp³-hybridized carbons (Fsp3) is 0.529. The van der Waals surface area contributed by atoms with Crippen molar-refractivity contribution >= 4 is 6.03 Å². The molecule has 1 aliphatic rings. The zero-order chi connectivity index (χ0) is 16.2. The van der Waals surface area contributed by atoms with Crippen molar-refractivity contribution in [2.24, 2.45) is 0 Å². The summed E-state index contributed by atoms with van der Waals surface area (Å²) in [4.78, 5) is 18.6. The molecule has 2 aromatic rings. The normalized spacial score (nSPS) is 17.1. The van der Waals surface area contributed by atoms with Crippen LogP contribution in [0, 0.1) is 0 Å². The summed E-state index contributed by atoms with van der Waals surface area (Å²) in [6.45, 7) is 7.40. The predicted octanol–water partition coefficient (Wildman–Crippen LogP) is 2.42. The highest BCUT2D eigenvalue weighted by Gasteiger charge is 2.26. The number of fused-ring (bicyclic) bond motifs is 1. The molecule has 0 saturated heterocycles. The van der Waals surface area contributed by atoms with Crippen LogP contribution >= 0.6 is 0 Å². The van der Waals surface area contributed by atoms with E-state index in [2.05, 4.69) is 45.5 Å². The lowest BCUT2D eigenvalue weighted by molar-refractivity contribution is 0.162. The Morgan fingerprint density at radius 2 is 2.26 bits per heavy atom. The van der Waals surface area contributed by atoms with E-state index in [1.54, 1.807) is 0 Å². The molecular weight excluding hydrogens is 290 g/mol. The number of hydrogen-bond acceptors (Lipinski definition) is 2. The number of nitrogens with zero attached hydrogens (tertiary/aromatic N) is 4. The van der Waals surface area contributed by atoms with E-state index in [-0.39, 0.29) is 12.1 Å². The number of amides is 2. The number of aromatic nitrogens is 3. The predicted molar refractivity (Wildman–Crippen MR) is 89.2 cm³/mol. The maximum Gasteiger partial charge on any atom is 0.318 e. The van der Waals surface area contributed by atoms with Crippen LogP contribution in [0.15, 0.2) is 30.7 Å². The second kappa shape index (κ2) is 6.89. The number of rotatable bonds is 5. The van der Waals surface area contributed by atoms with Gasteiger partial charge in [0.1, 0.15) is 5.82 Å². The maximum atomic E-state index is 12.4. The lowest BCUT2D eigenvalue weighted by Gasteiger charge is -2.34. The van der Waals surface area contributed by atoms with Crippen LogP contribution in [0.2, 0.25) is 0 Å². The van der Waals surface area contributed by atoms with Crippen molar-refractivity contribution in [2.45, 2.75) is 45.8 Å². The van der Waals surface area contributed by atoms with Crippen LogP contribution in [-0.4, -0.2) is 38.1 Å². The zero-order valence-electron chi connectivity index (χ0n) is 13.9. The number of imidazole rings is 1. The minimum absolute atomic E-state index is 0.0336. The molecule has 0 aliphatic carbocycles. The van der Waals surface area contributed by atoms with Crippen LogP contribution in [0.25, 0.3) is 0 Å². The molecule has 6 nitrogen and oxygen atoms in total. The lowest BCUT2D eigenvalue weighted by atomic mass is 10.1. The van der Waals surface area contributed by atoms with Gasteiger partial charge in [-0.2, -0.15) is 0 Å². The van der Waals surface area contributed by atoms with Crippen LogP contribution in [0.5, 0.6) is 0 Å². The molecule has 3 heterocycles. The van der Waals surface area contributed by atoms with Crippen LogP contribution in [0.1, 0.15) is 37.8 Å². The van der Waals surface area contributed by atoms with Gasteiger partial charge in [0, 0.05) is 56.9 Å². The van der Waals surface area contributed by atoms with E-state index in [9.17, 15) is 4.79 Å². The largest absolute Gasteiger partial charge is 0.348 e. The summed E-state index contributed by atoms with van der Waals surface area (Å²) < 4.78 is 4.38. The molecular formula is C17H25N5O. The third kappa shape index (κ3) is 3.25. The summed E-state index contributed by atoms with van der Waals surface area (Å²) >= 11 is 0. The second-order valence-electron chi connectivity index (χ2n) is 5.97. The van der Waals surface area contributed by atoms with E-state index in [0.29, 0.717) is 6.54 Å². The van der Waals surface area contributed by atoms with E-state index >= 15 is 0 Å². The molecule has 6 heteroatoms. The number of carbonyl (C=O) groups excluding carboxylic acids is 1. The Hall–Kier alpha value is -2.24. The van der Waals surface area contributed by atoms with E-state index in [4.69, 9.17) is 0 Å². The topological polar surface area (TPSA) is 55.1 Å². The monoisotopic (exact) mass is 315 g/mol. The summed E-state index contributed by atoms with van der Waals surface area (Å²) in [5, 5.41) is 3.05. The summed E-state index contributed by atoms with van der Waals surface area (Å²) in [6.07, 6.45) is 7.76. The van der Waals surface area contributed by atoms with E-state index < -0.39 is 0 Å². The zero-order valence-corrected chi connectivity index (χ0v) is 13.9. The molecule has 2 amide bonds. The molecule has 0 bridgehead atoms. The smallest absolute Gasteiger partial charge is 0.318 e. The lowest BCUT2D eigenvalue weighted by Crippen LogP contribution is -2.46. The van der Waals surface area contributed by atoms with Gasteiger partial charge in [0.15, 0.2) is 0 Å². The first-order chi connectivity index (χ1) is 11.2. The molecule has 1 aliphatic heterocycles. The molecule has 1 atom stereocenters. The fourth-order valence-electron chi connectivity index (χ4n) is 3.26. The Morgan fingerprint density at radius 1 is 1.39 bits per heavy atom. The van der Waals surface area contributed by atoms with Crippen molar-refractivity contribution in [3.63, 3.8) is 0 Å². The highest BCUT2D eigenvalue weighted by Crippen LogP contribution is 2.24. The Kier molecular flexibility index (Phi) is 4.69. The Bertz CT molecular complexity index is 659. The van der Waals surface area contributed by atoms with Crippen molar-refractivity contribution in [1.29, 1.82) is 0 Å². The third-order valence-corrected chi connectivity index (χ3v) is 4.57. The van der Waals surface area contributed by atoms with Crippen molar-refractivity contribution in [3.05, 3.63) is 42.2 Å². The number of carbonyl (C=O) groups is 1. The minimum atomic E-state index is 0.0336. The van der Waals surface area contributed by atoms with Gasteiger partial charge in [-0.3, -0.25) is 0 Å². The molecule has 0 saturated carbocycles. The van der Waals surface area contributed by atoms with Crippen molar-refractivity contribution in [3.8, 4) is 0 Å². The first-order valence-electron chi connectivity index (χ1n) is 8.40. The molecule has 3 rings (SSSR count). The van der Waals surface area contributed by atoms with Crippen molar-refractivity contribution < 1.29 is 4.79 Å². The van der Waals surface area contributed by atoms with E-state index in [0.717, 1.165) is 38.3 Å². The molecule has 0 fully saturated rings. The molecule has 23 heavy (non-hydrogen) atoms. The first kappa shape index (κ1) is 15.6. The standard InChI is InChI=1S/C17H25N5O/c1-3-16-18-8-11-21(16)10-5-7-19-17(23)22-13-12-20-9-4-6-15(20)14(22)2/h4,6,8-9,11,14H,3,5,7,10,12-13H2,1-2H3,(H,19,23). The van der Waals surface area contributed by atoms with Gasteiger partial charge >= 0.3 is 6.03 Å². The summed E-state index contributed by atoms with van der Waals surface area (Å²) in [6, 6.07) is 4.30. The molecule has 0 aromatic carbocycles. The summed E-state index contributed by atoms with van der Waals surface area (Å²) in [5.41, 5.74) is 1.21. The van der Waals surface area contributed by atoms with Crippen molar-refractivity contribution in [1.82, 2.24) is 24.3 Å². The van der Waals surface area contributed by atoms with Gasteiger partial charge in [0.05, 0.1) is 6.04 Å². The van der Waals surface area contributed by atoms with E-state index in [1.807, 2.05) is 23.4 Å². The number of aryl methyl sites for hydroxylation is 2. The number of hydrogen-bond donors (Lipinski definition) is 1. The van der Waals surface area contributed by atoms with Gasteiger partial charge in [-0.1, -0.05) is 6.92 Å². The molecule has 1 N–H and O–H groups in total. The van der Waals surface area contributed by atoms with E-state index in [1.165, 1.54) is 5.69 Å². The number of urea groups is 1. The van der Waals surface area contributed by atoms with Gasteiger partial charge < -0.3 is 19.4 Å². The molecule has 1 unspecified atom stereocenters. The van der Waals surface area contributed by atoms with Crippen LogP contribution in [0.3, 0.4) is 0 Å². The minimum Gasteiger partial charge on any atom is -0.348 e. The number of nitrogens with one attached hydrogen (secondary N) is 1. The van der Waals surface area contributed by atoms with Gasteiger partial charge in [-0.05, 0) is 25.5 Å². The molecule has 2 aromatic heterocycles. The summed E-state index contributed by atoms with van der Waals surface area (Å²) in [7, 11) is 0. The second-order valence-corrected chi connectivity index (χ2v) is 5.97. The quantitative estimate of drug-likeness (QED) is 0.862. The van der Waals surface area contributed by atoms with Crippen LogP contribution < -0.4 is 5.32 Å². The molecule has 0 spiro atoms. The highest BCUT2D eigenvalue weighted by molar-refractivity contribution is 5.74. The fourth-order valence-corrected chi connectivity index (χ4v) is 3.26. The van der Waals surface area contributed by atoms with Gasteiger partial charge in [0.25, 0.3) is 0 Å². The SMILES string of the molecule is CCc1nccn1CCCNC(=O)N1CCn2cccc2C1C. The molecule has 124 valence electrons. The highest BCUT2D eigenvalue weighted by atomic mass is 16.2. The average Bonchev–Trinajstić information content (AvgIpc) is 3.20. The summed E-state index contributed by atoms with van der Waals surface area (Å²) in [5.74, 6) is 1.10. The van der Waals surface area contributed by atoms with Gasteiger partial charge in [0.2, 0.25) is 0 Å².